The number of aromatic nitrogens is 1. The Balaban J connectivity index is 2.27. The molecule has 2 N–H and O–H groups in total. The highest BCUT2D eigenvalue weighted by Gasteiger charge is 2.22. The molecule has 110 valence electrons. The molecule has 0 bridgehead atoms. The van der Waals surface area contributed by atoms with Crippen molar-refractivity contribution in [3.63, 3.8) is 0 Å². The number of nitrogens with one attached hydrogen (secondary N) is 2. The summed E-state index contributed by atoms with van der Waals surface area (Å²) >= 11 is 0. The van der Waals surface area contributed by atoms with Crippen LogP contribution in [-0.2, 0) is 4.74 Å². The Morgan fingerprint density at radius 3 is 2.48 bits per heavy atom. The van der Waals surface area contributed by atoms with Gasteiger partial charge in [0.25, 0.3) is 5.91 Å². The highest BCUT2D eigenvalue weighted by atomic mass is 16.5. The van der Waals surface area contributed by atoms with E-state index in [1.165, 1.54) is 0 Å². The van der Waals surface area contributed by atoms with E-state index in [4.69, 9.17) is 4.74 Å². The molecule has 0 unspecified atom stereocenters. The summed E-state index contributed by atoms with van der Waals surface area (Å²) in [6, 6.07) is 9.15. The molecule has 5 heteroatoms. The minimum Gasteiger partial charge on any atom is -0.462 e. The number of hydrogen-bond acceptors (Lipinski definition) is 3. The molecule has 0 spiro atoms. The lowest BCUT2D eigenvalue weighted by Crippen LogP contribution is -2.14. The number of anilines is 1. The number of carbonyl (C=O) groups excluding carboxylic acids is 2. The summed E-state index contributed by atoms with van der Waals surface area (Å²) in [5.74, 6) is -0.695. The van der Waals surface area contributed by atoms with Crippen molar-refractivity contribution in [3.8, 4) is 0 Å². The lowest BCUT2D eigenvalue weighted by Gasteiger charge is -2.05. The number of benzene rings is 1. The van der Waals surface area contributed by atoms with E-state index in [9.17, 15) is 9.59 Å². The van der Waals surface area contributed by atoms with Gasteiger partial charge in [-0.25, -0.2) is 4.79 Å². The summed E-state index contributed by atoms with van der Waals surface area (Å²) < 4.78 is 5.01. The highest BCUT2D eigenvalue weighted by molar-refractivity contribution is 6.06. The van der Waals surface area contributed by atoms with Crippen LogP contribution in [0.2, 0.25) is 0 Å². The molecule has 0 aliphatic heterocycles. The normalized spacial score (nSPS) is 10.2. The Kier molecular flexibility index (Phi) is 4.42. The van der Waals surface area contributed by atoms with Crippen LogP contribution in [0.1, 0.15) is 39.0 Å². The first-order valence-corrected chi connectivity index (χ1v) is 6.77. The molecule has 0 saturated heterocycles. The fourth-order valence-electron chi connectivity index (χ4n) is 2.20. The molecule has 0 aliphatic rings. The second-order valence-electron chi connectivity index (χ2n) is 4.67. The number of para-hydroxylation sites is 1. The summed E-state index contributed by atoms with van der Waals surface area (Å²) in [4.78, 5) is 27.2. The number of rotatable bonds is 4. The zero-order chi connectivity index (χ0) is 15.4. The maximum Gasteiger partial charge on any atom is 0.340 e. The van der Waals surface area contributed by atoms with E-state index in [1.54, 1.807) is 32.9 Å². The predicted molar refractivity (Wildman–Crippen MR) is 80.6 cm³/mol. The van der Waals surface area contributed by atoms with Crippen molar-refractivity contribution in [1.82, 2.24) is 4.98 Å². The number of hydrogen-bond donors (Lipinski definition) is 2. The molecule has 1 aromatic carbocycles. The van der Waals surface area contributed by atoms with Gasteiger partial charge in [0.05, 0.1) is 12.2 Å². The molecule has 0 aliphatic carbocycles. The average molecular weight is 286 g/mol. The van der Waals surface area contributed by atoms with Gasteiger partial charge in [-0.2, -0.15) is 0 Å². The maximum atomic E-state index is 12.3. The smallest absolute Gasteiger partial charge is 0.340 e. The summed E-state index contributed by atoms with van der Waals surface area (Å²) in [7, 11) is 0. The fraction of sp³-hybridized carbons (Fsp3) is 0.250. The number of H-pyrrole nitrogens is 1. The van der Waals surface area contributed by atoms with Crippen molar-refractivity contribution in [2.45, 2.75) is 20.8 Å². The minimum atomic E-state index is -0.414. The van der Waals surface area contributed by atoms with Crippen molar-refractivity contribution in [1.29, 1.82) is 0 Å². The molecule has 21 heavy (non-hydrogen) atoms. The van der Waals surface area contributed by atoms with Crippen molar-refractivity contribution >= 4 is 17.6 Å². The third-order valence-electron chi connectivity index (χ3n) is 3.18. The summed E-state index contributed by atoms with van der Waals surface area (Å²) in [6.45, 7) is 5.53. The Morgan fingerprint density at radius 1 is 1.19 bits per heavy atom. The zero-order valence-corrected chi connectivity index (χ0v) is 12.3. The third-order valence-corrected chi connectivity index (χ3v) is 3.18. The Labute approximate surface area is 123 Å². The zero-order valence-electron chi connectivity index (χ0n) is 12.3. The molecule has 0 saturated carbocycles. The molecule has 0 fully saturated rings. The topological polar surface area (TPSA) is 71.2 Å². The van der Waals surface area contributed by atoms with Gasteiger partial charge in [-0.05, 0) is 38.5 Å². The van der Waals surface area contributed by atoms with Gasteiger partial charge < -0.3 is 15.0 Å². The van der Waals surface area contributed by atoms with Gasteiger partial charge >= 0.3 is 5.97 Å². The van der Waals surface area contributed by atoms with Crippen LogP contribution in [0, 0.1) is 13.8 Å². The Morgan fingerprint density at radius 2 is 1.86 bits per heavy atom. The van der Waals surface area contributed by atoms with Crippen LogP contribution in [0.3, 0.4) is 0 Å². The second-order valence-corrected chi connectivity index (χ2v) is 4.67. The van der Waals surface area contributed by atoms with Gasteiger partial charge in [-0.15, -0.1) is 0 Å². The first-order valence-electron chi connectivity index (χ1n) is 6.77. The van der Waals surface area contributed by atoms with Crippen LogP contribution in [0.15, 0.2) is 30.3 Å². The molecule has 1 aromatic heterocycles. The van der Waals surface area contributed by atoms with Crippen molar-refractivity contribution in [2.75, 3.05) is 11.9 Å². The average Bonchev–Trinajstić information content (AvgIpc) is 2.75. The van der Waals surface area contributed by atoms with E-state index in [1.807, 2.05) is 18.2 Å². The first kappa shape index (κ1) is 14.8. The highest BCUT2D eigenvalue weighted by Crippen LogP contribution is 2.20. The number of ether oxygens (including phenoxy) is 1. The number of carbonyl (C=O) groups is 2. The van der Waals surface area contributed by atoms with Crippen LogP contribution >= 0.6 is 0 Å². The standard InChI is InChI=1S/C16H18N2O3/c1-4-21-16(20)13-10(2)14(17-11(13)3)15(19)18-12-8-6-5-7-9-12/h5-9,17H,4H2,1-3H3,(H,18,19). The first-order chi connectivity index (χ1) is 10.0. The molecule has 2 aromatic rings. The van der Waals surface area contributed by atoms with E-state index < -0.39 is 5.97 Å². The molecular formula is C16H18N2O3. The van der Waals surface area contributed by atoms with Crippen molar-refractivity contribution in [3.05, 3.63) is 52.8 Å². The SMILES string of the molecule is CCOC(=O)c1c(C)[nH]c(C(=O)Nc2ccccc2)c1C. The lowest BCUT2D eigenvalue weighted by atomic mass is 10.1. The molecule has 2 rings (SSSR count). The quantitative estimate of drug-likeness (QED) is 0.848. The molecular weight excluding hydrogens is 268 g/mol. The van der Waals surface area contributed by atoms with Crippen LogP contribution in [0.5, 0.6) is 0 Å². The summed E-state index contributed by atoms with van der Waals surface area (Å²) in [6.07, 6.45) is 0. The fourth-order valence-corrected chi connectivity index (χ4v) is 2.20. The molecule has 5 nitrogen and oxygen atoms in total. The molecule has 0 atom stereocenters. The largest absolute Gasteiger partial charge is 0.462 e. The second kappa shape index (κ2) is 6.26. The van der Waals surface area contributed by atoms with Crippen LogP contribution in [-0.4, -0.2) is 23.5 Å². The van der Waals surface area contributed by atoms with E-state index in [2.05, 4.69) is 10.3 Å². The number of aromatic amines is 1. The maximum absolute atomic E-state index is 12.3. The number of amides is 1. The van der Waals surface area contributed by atoms with Crippen LogP contribution in [0.25, 0.3) is 0 Å². The van der Waals surface area contributed by atoms with E-state index in [-0.39, 0.29) is 5.91 Å². The number of esters is 1. The molecule has 1 heterocycles. The Hall–Kier alpha value is -2.56. The molecule has 1 amide bonds. The van der Waals surface area contributed by atoms with Crippen molar-refractivity contribution in [2.24, 2.45) is 0 Å². The summed E-state index contributed by atoms with van der Waals surface area (Å²) in [5.41, 5.74) is 2.73. The van der Waals surface area contributed by atoms with Gasteiger partial charge in [-0.3, -0.25) is 4.79 Å². The van der Waals surface area contributed by atoms with Gasteiger partial charge in [0.2, 0.25) is 0 Å². The predicted octanol–water partition coefficient (Wildman–Crippen LogP) is 3.06. The van der Waals surface area contributed by atoms with Gasteiger partial charge in [0.15, 0.2) is 0 Å². The summed E-state index contributed by atoms with van der Waals surface area (Å²) in [5, 5.41) is 2.79. The van der Waals surface area contributed by atoms with E-state index in [0.29, 0.717) is 34.8 Å². The third kappa shape index (κ3) is 3.13. The minimum absolute atomic E-state index is 0.280. The van der Waals surface area contributed by atoms with Gasteiger partial charge in [-0.1, -0.05) is 18.2 Å². The van der Waals surface area contributed by atoms with E-state index >= 15 is 0 Å². The Bertz CT molecular complexity index is 660. The lowest BCUT2D eigenvalue weighted by molar-refractivity contribution is 0.0525. The number of aryl methyl sites for hydroxylation is 1. The van der Waals surface area contributed by atoms with Crippen molar-refractivity contribution < 1.29 is 14.3 Å². The van der Waals surface area contributed by atoms with Crippen LogP contribution in [0.4, 0.5) is 5.69 Å². The van der Waals surface area contributed by atoms with E-state index in [0.717, 1.165) is 0 Å². The van der Waals surface area contributed by atoms with Crippen LogP contribution < -0.4 is 5.32 Å². The van der Waals surface area contributed by atoms with Gasteiger partial charge in [0.1, 0.15) is 5.69 Å². The molecule has 0 radical (unpaired) electrons. The van der Waals surface area contributed by atoms with Gasteiger partial charge in [0, 0.05) is 11.4 Å². The monoisotopic (exact) mass is 286 g/mol.